The summed E-state index contributed by atoms with van der Waals surface area (Å²) in [6.07, 6.45) is 0.870. The normalized spacial score (nSPS) is 10.4. The number of Topliss-reactive ketones (excluding diaryl/α,β-unsaturated/α-hetero) is 1. The number of imidazole rings is 1. The Morgan fingerprint density at radius 2 is 1.66 bits per heavy atom. The lowest BCUT2D eigenvalue weighted by molar-refractivity contribution is 0.101. The monoisotopic (exact) mass is 395 g/mol. The maximum Gasteiger partial charge on any atom is 0.404 e. The van der Waals surface area contributed by atoms with Gasteiger partial charge in [-0.3, -0.25) is 9.36 Å². The summed E-state index contributed by atoms with van der Waals surface area (Å²) in [5, 5.41) is 0. The topological polar surface area (TPSA) is 106 Å². The molecule has 0 aliphatic heterocycles. The van der Waals surface area contributed by atoms with Gasteiger partial charge in [-0.1, -0.05) is 0 Å². The number of methoxy groups -OCH3 is 1. The first-order valence-corrected chi connectivity index (χ1v) is 8.88. The molecule has 1 amide bonds. The molecule has 8 nitrogen and oxygen atoms in total. The molecule has 0 fully saturated rings. The van der Waals surface area contributed by atoms with Gasteiger partial charge >= 0.3 is 6.09 Å². The Kier molecular flexibility index (Phi) is 6.13. The Morgan fingerprint density at radius 3 is 2.24 bits per heavy atom. The van der Waals surface area contributed by atoms with Crippen LogP contribution in [-0.2, 0) is 4.74 Å². The summed E-state index contributed by atoms with van der Waals surface area (Å²) in [5.41, 5.74) is 6.94. The fourth-order valence-corrected chi connectivity index (χ4v) is 2.70. The van der Waals surface area contributed by atoms with Crippen LogP contribution in [0.5, 0.6) is 11.5 Å². The van der Waals surface area contributed by atoms with E-state index >= 15 is 0 Å². The predicted molar refractivity (Wildman–Crippen MR) is 107 cm³/mol. The third-order valence-corrected chi connectivity index (χ3v) is 4.13. The van der Waals surface area contributed by atoms with E-state index in [0.29, 0.717) is 17.3 Å². The van der Waals surface area contributed by atoms with Crippen LogP contribution in [-0.4, -0.2) is 41.8 Å². The molecule has 0 spiro atoms. The Bertz CT molecular complexity index is 994. The van der Waals surface area contributed by atoms with Gasteiger partial charge in [0.2, 0.25) is 0 Å². The second kappa shape index (κ2) is 8.92. The van der Waals surface area contributed by atoms with E-state index in [0.717, 1.165) is 17.0 Å². The van der Waals surface area contributed by atoms with Crippen molar-refractivity contribution in [3.63, 3.8) is 0 Å². The standard InChI is InChI=1S/C21H21N3O5/c1-14(25)19-13-24(20(23-19)15-3-7-17(27-2)8-4-15)16-5-9-18(10-6-16)28-11-12-29-21(22)26/h3-10,13H,11-12H2,1-2H3,(H2,22,26). The SMILES string of the molecule is COc1ccc(-c2nc(C(C)=O)cn2-c2ccc(OCCOC(N)=O)cc2)cc1. The Balaban J connectivity index is 1.85. The van der Waals surface area contributed by atoms with E-state index in [1.807, 2.05) is 41.0 Å². The third-order valence-electron chi connectivity index (χ3n) is 4.13. The molecular formula is C21H21N3O5. The van der Waals surface area contributed by atoms with Crippen LogP contribution < -0.4 is 15.2 Å². The second-order valence-corrected chi connectivity index (χ2v) is 6.11. The van der Waals surface area contributed by atoms with E-state index in [4.69, 9.17) is 15.2 Å². The molecule has 29 heavy (non-hydrogen) atoms. The minimum absolute atomic E-state index is 0.0716. The van der Waals surface area contributed by atoms with Crippen molar-refractivity contribution in [1.82, 2.24) is 9.55 Å². The molecule has 0 bridgehead atoms. The number of benzene rings is 2. The van der Waals surface area contributed by atoms with Gasteiger partial charge in [-0.2, -0.15) is 0 Å². The zero-order chi connectivity index (χ0) is 20.8. The zero-order valence-corrected chi connectivity index (χ0v) is 16.1. The van der Waals surface area contributed by atoms with Crippen molar-refractivity contribution in [2.45, 2.75) is 6.92 Å². The maximum absolute atomic E-state index is 11.9. The molecule has 0 radical (unpaired) electrons. The highest BCUT2D eigenvalue weighted by Crippen LogP contribution is 2.26. The molecule has 0 atom stereocenters. The number of amides is 1. The van der Waals surface area contributed by atoms with Gasteiger partial charge in [0.15, 0.2) is 5.78 Å². The molecule has 0 aliphatic carbocycles. The van der Waals surface area contributed by atoms with Crippen molar-refractivity contribution >= 4 is 11.9 Å². The summed E-state index contributed by atoms with van der Waals surface area (Å²) in [7, 11) is 1.60. The average molecular weight is 395 g/mol. The number of aromatic nitrogens is 2. The van der Waals surface area contributed by atoms with E-state index in [9.17, 15) is 9.59 Å². The third kappa shape index (κ3) is 4.92. The van der Waals surface area contributed by atoms with Gasteiger partial charge in [-0.15, -0.1) is 0 Å². The van der Waals surface area contributed by atoms with Crippen LogP contribution >= 0.6 is 0 Å². The van der Waals surface area contributed by atoms with E-state index in [1.54, 1.807) is 25.4 Å². The highest BCUT2D eigenvalue weighted by Gasteiger charge is 2.14. The molecule has 1 aromatic heterocycles. The molecule has 2 aromatic carbocycles. The fourth-order valence-electron chi connectivity index (χ4n) is 2.70. The lowest BCUT2D eigenvalue weighted by Gasteiger charge is -2.10. The van der Waals surface area contributed by atoms with Crippen molar-refractivity contribution < 1.29 is 23.8 Å². The number of rotatable bonds is 8. The minimum atomic E-state index is -0.837. The Labute approximate surface area is 167 Å². The van der Waals surface area contributed by atoms with Gasteiger partial charge in [0.05, 0.1) is 7.11 Å². The van der Waals surface area contributed by atoms with Crippen LogP contribution in [0.3, 0.4) is 0 Å². The summed E-state index contributed by atoms with van der Waals surface area (Å²) in [6, 6.07) is 14.7. The van der Waals surface area contributed by atoms with Gasteiger partial charge in [0.1, 0.15) is 36.2 Å². The number of carbonyl (C=O) groups is 2. The largest absolute Gasteiger partial charge is 0.497 e. The molecule has 0 unspecified atom stereocenters. The molecule has 3 rings (SSSR count). The number of primary amides is 1. The highest BCUT2D eigenvalue weighted by atomic mass is 16.6. The highest BCUT2D eigenvalue weighted by molar-refractivity contribution is 5.92. The van der Waals surface area contributed by atoms with Crippen LogP contribution in [0, 0.1) is 0 Å². The zero-order valence-electron chi connectivity index (χ0n) is 16.1. The van der Waals surface area contributed by atoms with Crippen molar-refractivity contribution in [2.24, 2.45) is 5.73 Å². The molecule has 150 valence electrons. The van der Waals surface area contributed by atoms with Gasteiger partial charge in [-0.05, 0) is 48.5 Å². The molecule has 2 N–H and O–H groups in total. The van der Waals surface area contributed by atoms with Crippen LogP contribution in [0.4, 0.5) is 4.79 Å². The summed E-state index contributed by atoms with van der Waals surface area (Å²) in [4.78, 5) is 26.9. The molecule has 8 heteroatoms. The maximum atomic E-state index is 11.9. The predicted octanol–water partition coefficient (Wildman–Crippen LogP) is 3.22. The van der Waals surface area contributed by atoms with E-state index in [1.165, 1.54) is 6.92 Å². The van der Waals surface area contributed by atoms with E-state index in [2.05, 4.69) is 9.72 Å². The van der Waals surface area contributed by atoms with Crippen molar-refractivity contribution in [2.75, 3.05) is 20.3 Å². The van der Waals surface area contributed by atoms with Crippen LogP contribution in [0.25, 0.3) is 17.1 Å². The number of nitrogens with zero attached hydrogens (tertiary/aromatic N) is 2. The smallest absolute Gasteiger partial charge is 0.404 e. The van der Waals surface area contributed by atoms with E-state index < -0.39 is 6.09 Å². The molecule has 0 aliphatic rings. The molecule has 0 saturated carbocycles. The summed E-state index contributed by atoms with van der Waals surface area (Å²) < 4.78 is 17.2. The number of hydrogen-bond donors (Lipinski definition) is 1. The van der Waals surface area contributed by atoms with Gasteiger partial charge in [-0.25, -0.2) is 9.78 Å². The van der Waals surface area contributed by atoms with Crippen molar-refractivity contribution in [3.8, 4) is 28.6 Å². The van der Waals surface area contributed by atoms with Crippen LogP contribution in [0.15, 0.2) is 54.7 Å². The number of nitrogens with two attached hydrogens (primary N) is 1. The Hall–Kier alpha value is -3.81. The van der Waals surface area contributed by atoms with Crippen molar-refractivity contribution in [1.29, 1.82) is 0 Å². The lowest BCUT2D eigenvalue weighted by Crippen LogP contribution is -2.17. The summed E-state index contributed by atoms with van der Waals surface area (Å²) in [6.45, 7) is 1.75. The minimum Gasteiger partial charge on any atom is -0.497 e. The number of ether oxygens (including phenoxy) is 3. The number of ketones is 1. The first kappa shape index (κ1) is 19.9. The van der Waals surface area contributed by atoms with Crippen molar-refractivity contribution in [3.05, 3.63) is 60.4 Å². The molecule has 3 aromatic rings. The van der Waals surface area contributed by atoms with Crippen LogP contribution in [0.1, 0.15) is 17.4 Å². The number of hydrogen-bond acceptors (Lipinski definition) is 6. The Morgan fingerprint density at radius 1 is 1.00 bits per heavy atom. The van der Waals surface area contributed by atoms with Crippen LogP contribution in [0.2, 0.25) is 0 Å². The van der Waals surface area contributed by atoms with Gasteiger partial charge in [0, 0.05) is 24.4 Å². The quantitative estimate of drug-likeness (QED) is 0.464. The first-order chi connectivity index (χ1) is 14.0. The molecular weight excluding hydrogens is 374 g/mol. The summed E-state index contributed by atoms with van der Waals surface area (Å²) in [5.74, 6) is 1.87. The molecule has 0 saturated heterocycles. The second-order valence-electron chi connectivity index (χ2n) is 6.11. The average Bonchev–Trinajstić information content (AvgIpc) is 3.17. The van der Waals surface area contributed by atoms with Gasteiger partial charge < -0.3 is 19.9 Å². The summed E-state index contributed by atoms with van der Waals surface area (Å²) >= 11 is 0. The first-order valence-electron chi connectivity index (χ1n) is 8.88. The van der Waals surface area contributed by atoms with Gasteiger partial charge in [0.25, 0.3) is 0 Å². The fraction of sp³-hybridized carbons (Fsp3) is 0.190. The lowest BCUT2D eigenvalue weighted by atomic mass is 10.2. The van der Waals surface area contributed by atoms with E-state index in [-0.39, 0.29) is 19.0 Å². The molecule has 1 heterocycles. The number of carbonyl (C=O) groups excluding carboxylic acids is 2.